The highest BCUT2D eigenvalue weighted by atomic mass is 32.1. The van der Waals surface area contributed by atoms with Gasteiger partial charge in [0.15, 0.2) is 0 Å². The molecule has 18 heavy (non-hydrogen) atoms. The summed E-state index contributed by atoms with van der Waals surface area (Å²) in [5.41, 5.74) is 1.06. The molecule has 0 radical (unpaired) electrons. The van der Waals surface area contributed by atoms with Gasteiger partial charge in [0, 0.05) is 11.1 Å². The van der Waals surface area contributed by atoms with Gasteiger partial charge in [-0.2, -0.15) is 0 Å². The summed E-state index contributed by atoms with van der Waals surface area (Å²) in [5, 5.41) is 9.65. The van der Waals surface area contributed by atoms with Crippen LogP contribution in [-0.2, 0) is 0 Å². The van der Waals surface area contributed by atoms with E-state index in [9.17, 15) is 0 Å². The Hall–Kier alpha value is -1.53. The van der Waals surface area contributed by atoms with Crippen molar-refractivity contribution in [1.82, 2.24) is 15.0 Å². The van der Waals surface area contributed by atoms with E-state index >= 15 is 0 Å². The molecule has 0 spiro atoms. The molecule has 0 amide bonds. The molecule has 0 aliphatic heterocycles. The molecule has 6 heteroatoms. The maximum Gasteiger partial charge on any atom is 0.138 e. The zero-order valence-electron chi connectivity index (χ0n) is 10.0. The Kier molecular flexibility index (Phi) is 2.97. The topological polar surface area (TPSA) is 50.7 Å². The Morgan fingerprint density at radius 3 is 2.94 bits per heavy atom. The van der Waals surface area contributed by atoms with Crippen molar-refractivity contribution in [3.05, 3.63) is 33.9 Å². The standard InChI is InChI=1S/C12H12N4S2/c1-7-5-18-11(15-7)8(2)16-10-9-3-4-17-12(9)14-6-13-10/h3-6,8H,1-2H3,(H,13,14,16). The minimum absolute atomic E-state index is 0.154. The number of hydrogen-bond acceptors (Lipinski definition) is 6. The smallest absolute Gasteiger partial charge is 0.138 e. The summed E-state index contributed by atoms with van der Waals surface area (Å²) in [6, 6.07) is 2.20. The van der Waals surface area contributed by atoms with Crippen molar-refractivity contribution in [3.63, 3.8) is 0 Å². The molecule has 0 aliphatic carbocycles. The Balaban J connectivity index is 1.90. The highest BCUT2D eigenvalue weighted by molar-refractivity contribution is 7.16. The summed E-state index contributed by atoms with van der Waals surface area (Å²) >= 11 is 3.29. The summed E-state index contributed by atoms with van der Waals surface area (Å²) in [4.78, 5) is 14.1. The molecule has 1 unspecified atom stereocenters. The van der Waals surface area contributed by atoms with E-state index in [1.54, 1.807) is 29.0 Å². The minimum Gasteiger partial charge on any atom is -0.360 e. The fourth-order valence-corrected chi connectivity index (χ4v) is 3.28. The van der Waals surface area contributed by atoms with Gasteiger partial charge in [0.1, 0.15) is 22.0 Å². The van der Waals surface area contributed by atoms with E-state index in [2.05, 4.69) is 32.6 Å². The van der Waals surface area contributed by atoms with Crippen LogP contribution in [-0.4, -0.2) is 15.0 Å². The molecule has 3 heterocycles. The molecule has 1 N–H and O–H groups in total. The summed E-state index contributed by atoms with van der Waals surface area (Å²) in [6.07, 6.45) is 1.60. The molecule has 0 aromatic carbocycles. The van der Waals surface area contributed by atoms with Gasteiger partial charge < -0.3 is 5.32 Å². The summed E-state index contributed by atoms with van der Waals surface area (Å²) in [6.45, 7) is 4.10. The average molecular weight is 276 g/mol. The first-order valence-electron chi connectivity index (χ1n) is 5.61. The maximum absolute atomic E-state index is 4.49. The quantitative estimate of drug-likeness (QED) is 0.793. The third-order valence-electron chi connectivity index (χ3n) is 2.62. The highest BCUT2D eigenvalue weighted by Gasteiger charge is 2.12. The molecule has 3 aromatic heterocycles. The number of rotatable bonds is 3. The van der Waals surface area contributed by atoms with E-state index < -0.39 is 0 Å². The van der Waals surface area contributed by atoms with Crippen molar-refractivity contribution in [2.24, 2.45) is 0 Å². The Morgan fingerprint density at radius 1 is 1.28 bits per heavy atom. The second-order valence-electron chi connectivity index (χ2n) is 4.05. The van der Waals surface area contributed by atoms with Gasteiger partial charge in [-0.3, -0.25) is 0 Å². The lowest BCUT2D eigenvalue weighted by Gasteiger charge is -2.12. The molecule has 92 valence electrons. The van der Waals surface area contributed by atoms with E-state index in [0.29, 0.717) is 0 Å². The van der Waals surface area contributed by atoms with Crippen LogP contribution in [0.3, 0.4) is 0 Å². The van der Waals surface area contributed by atoms with Crippen LogP contribution in [0, 0.1) is 6.92 Å². The Bertz CT molecular complexity index is 673. The lowest BCUT2D eigenvalue weighted by Crippen LogP contribution is -2.08. The van der Waals surface area contributed by atoms with Crippen molar-refractivity contribution in [2.45, 2.75) is 19.9 Å². The van der Waals surface area contributed by atoms with Crippen LogP contribution in [0.15, 0.2) is 23.2 Å². The van der Waals surface area contributed by atoms with Gasteiger partial charge in [0.05, 0.1) is 11.4 Å². The van der Waals surface area contributed by atoms with E-state index in [0.717, 1.165) is 26.7 Å². The van der Waals surface area contributed by atoms with E-state index in [-0.39, 0.29) is 6.04 Å². The van der Waals surface area contributed by atoms with Crippen LogP contribution < -0.4 is 5.32 Å². The number of nitrogens with one attached hydrogen (secondary N) is 1. The predicted molar refractivity (Wildman–Crippen MR) is 76.3 cm³/mol. The van der Waals surface area contributed by atoms with Gasteiger partial charge in [-0.15, -0.1) is 22.7 Å². The zero-order valence-corrected chi connectivity index (χ0v) is 11.7. The van der Waals surface area contributed by atoms with E-state index in [4.69, 9.17) is 0 Å². The molecule has 4 nitrogen and oxygen atoms in total. The Morgan fingerprint density at radius 2 is 2.17 bits per heavy atom. The number of fused-ring (bicyclic) bond motifs is 1. The van der Waals surface area contributed by atoms with Crippen LogP contribution in [0.25, 0.3) is 10.2 Å². The zero-order chi connectivity index (χ0) is 12.5. The molecular formula is C12H12N4S2. The molecule has 0 bridgehead atoms. The van der Waals surface area contributed by atoms with Crippen molar-refractivity contribution < 1.29 is 0 Å². The highest BCUT2D eigenvalue weighted by Crippen LogP contribution is 2.27. The van der Waals surface area contributed by atoms with Gasteiger partial charge in [0.2, 0.25) is 0 Å². The minimum atomic E-state index is 0.154. The van der Waals surface area contributed by atoms with Gasteiger partial charge in [0.25, 0.3) is 0 Å². The summed E-state index contributed by atoms with van der Waals surface area (Å²) < 4.78 is 0. The third kappa shape index (κ3) is 2.09. The van der Waals surface area contributed by atoms with Crippen LogP contribution in [0.1, 0.15) is 23.7 Å². The van der Waals surface area contributed by atoms with E-state index in [1.807, 2.05) is 18.4 Å². The first-order valence-corrected chi connectivity index (χ1v) is 7.37. The fraction of sp³-hybridized carbons (Fsp3) is 0.250. The fourth-order valence-electron chi connectivity index (χ4n) is 1.74. The SMILES string of the molecule is Cc1csc(C(C)Nc2ncnc3sccc23)n1. The van der Waals surface area contributed by atoms with Crippen LogP contribution in [0.5, 0.6) is 0 Å². The molecule has 3 aromatic rings. The number of aryl methyl sites for hydroxylation is 1. The molecule has 0 saturated carbocycles. The third-order valence-corrected chi connectivity index (χ3v) is 4.59. The van der Waals surface area contributed by atoms with E-state index in [1.165, 1.54) is 0 Å². The van der Waals surface area contributed by atoms with Crippen LogP contribution >= 0.6 is 22.7 Å². The predicted octanol–water partition coefficient (Wildman–Crippen LogP) is 3.63. The van der Waals surface area contributed by atoms with Crippen molar-refractivity contribution in [1.29, 1.82) is 0 Å². The second-order valence-corrected chi connectivity index (χ2v) is 5.84. The monoisotopic (exact) mass is 276 g/mol. The number of thiazole rings is 1. The lowest BCUT2D eigenvalue weighted by atomic mass is 10.3. The molecular weight excluding hydrogens is 264 g/mol. The Labute approximate surface area is 113 Å². The van der Waals surface area contributed by atoms with Crippen molar-refractivity contribution in [2.75, 3.05) is 5.32 Å². The number of thiophene rings is 1. The summed E-state index contributed by atoms with van der Waals surface area (Å²) in [5.74, 6) is 0.876. The number of anilines is 1. The number of hydrogen-bond donors (Lipinski definition) is 1. The molecule has 3 rings (SSSR count). The van der Waals surface area contributed by atoms with Gasteiger partial charge >= 0.3 is 0 Å². The van der Waals surface area contributed by atoms with Gasteiger partial charge in [-0.05, 0) is 25.3 Å². The summed E-state index contributed by atoms with van der Waals surface area (Å²) in [7, 11) is 0. The van der Waals surface area contributed by atoms with Gasteiger partial charge in [-0.1, -0.05) is 0 Å². The molecule has 1 atom stereocenters. The van der Waals surface area contributed by atoms with Gasteiger partial charge in [-0.25, -0.2) is 15.0 Å². The first-order chi connectivity index (χ1) is 8.74. The van der Waals surface area contributed by atoms with Crippen LogP contribution in [0.4, 0.5) is 5.82 Å². The average Bonchev–Trinajstić information content (AvgIpc) is 2.97. The maximum atomic E-state index is 4.49. The largest absolute Gasteiger partial charge is 0.360 e. The van der Waals surface area contributed by atoms with Crippen LogP contribution in [0.2, 0.25) is 0 Å². The number of aromatic nitrogens is 3. The van der Waals surface area contributed by atoms with Crippen molar-refractivity contribution in [3.8, 4) is 0 Å². The molecule has 0 saturated heterocycles. The molecule has 0 aliphatic rings. The second kappa shape index (κ2) is 4.62. The first kappa shape index (κ1) is 11.6. The van der Waals surface area contributed by atoms with Crippen molar-refractivity contribution >= 4 is 38.7 Å². The normalized spacial score (nSPS) is 12.8. The number of nitrogens with zero attached hydrogens (tertiary/aromatic N) is 3. The molecule has 0 fully saturated rings. The lowest BCUT2D eigenvalue weighted by molar-refractivity contribution is 0.857.